The minimum atomic E-state index is 0.129. The first-order valence-corrected chi connectivity index (χ1v) is 6.06. The summed E-state index contributed by atoms with van der Waals surface area (Å²) in [5.41, 5.74) is 2.30. The van der Waals surface area contributed by atoms with Crippen LogP contribution in [0.25, 0.3) is 0 Å². The minimum absolute atomic E-state index is 0.129. The summed E-state index contributed by atoms with van der Waals surface area (Å²) in [4.78, 5) is 2.44. The van der Waals surface area contributed by atoms with Gasteiger partial charge in [0.15, 0.2) is 0 Å². The summed E-state index contributed by atoms with van der Waals surface area (Å²) in [6.45, 7) is 10.0. The number of benzene rings is 1. The van der Waals surface area contributed by atoms with E-state index >= 15 is 0 Å². The summed E-state index contributed by atoms with van der Waals surface area (Å²) in [6.07, 6.45) is 0. The molecule has 0 saturated heterocycles. The number of rotatable bonds is 6. The quantitative estimate of drug-likeness (QED) is 0.798. The van der Waals surface area contributed by atoms with E-state index in [-0.39, 0.29) is 6.61 Å². The van der Waals surface area contributed by atoms with E-state index in [9.17, 15) is 0 Å². The summed E-state index contributed by atoms with van der Waals surface area (Å²) in [5, 5.41) is 8.97. The van der Waals surface area contributed by atoms with Crippen LogP contribution in [0.2, 0.25) is 0 Å². The fourth-order valence-corrected chi connectivity index (χ4v) is 1.83. The third kappa shape index (κ3) is 4.33. The van der Waals surface area contributed by atoms with Crippen molar-refractivity contribution in [2.24, 2.45) is 5.92 Å². The first-order valence-electron chi connectivity index (χ1n) is 6.06. The lowest BCUT2D eigenvalue weighted by Crippen LogP contribution is -2.27. The van der Waals surface area contributed by atoms with Gasteiger partial charge in [-0.2, -0.15) is 0 Å². The predicted molar refractivity (Wildman–Crippen MR) is 68.2 cm³/mol. The van der Waals surface area contributed by atoms with Crippen LogP contribution in [0.3, 0.4) is 0 Å². The van der Waals surface area contributed by atoms with E-state index in [4.69, 9.17) is 5.11 Å². The van der Waals surface area contributed by atoms with Gasteiger partial charge in [0.1, 0.15) is 0 Å². The maximum Gasteiger partial charge on any atom is 0.0681 e. The van der Waals surface area contributed by atoms with Crippen molar-refractivity contribution in [3.05, 3.63) is 35.4 Å². The number of nitrogens with zero attached hydrogens (tertiary/aromatic N) is 1. The number of aliphatic hydroxyl groups is 1. The van der Waals surface area contributed by atoms with Crippen LogP contribution in [0.5, 0.6) is 0 Å². The monoisotopic (exact) mass is 221 g/mol. The van der Waals surface area contributed by atoms with Gasteiger partial charge in [-0.25, -0.2) is 0 Å². The molecule has 1 aromatic rings. The number of hydrogen-bond donors (Lipinski definition) is 1. The van der Waals surface area contributed by atoms with Crippen LogP contribution in [0, 0.1) is 5.92 Å². The second-order valence-corrected chi connectivity index (χ2v) is 4.70. The van der Waals surface area contributed by atoms with Gasteiger partial charge in [-0.1, -0.05) is 45.0 Å². The third-order valence-corrected chi connectivity index (χ3v) is 2.68. The topological polar surface area (TPSA) is 23.5 Å². The van der Waals surface area contributed by atoms with Gasteiger partial charge in [-0.05, 0) is 23.6 Å². The van der Waals surface area contributed by atoms with Crippen LogP contribution in [-0.2, 0) is 13.2 Å². The molecule has 0 aromatic heterocycles. The molecule has 0 heterocycles. The van der Waals surface area contributed by atoms with Crippen LogP contribution in [0.1, 0.15) is 31.9 Å². The van der Waals surface area contributed by atoms with Crippen LogP contribution in [-0.4, -0.2) is 23.1 Å². The van der Waals surface area contributed by atoms with Crippen molar-refractivity contribution in [1.29, 1.82) is 0 Å². The molecule has 16 heavy (non-hydrogen) atoms. The molecule has 0 aliphatic heterocycles. The lowest BCUT2D eigenvalue weighted by Gasteiger charge is -2.22. The van der Waals surface area contributed by atoms with E-state index in [2.05, 4.69) is 37.8 Å². The summed E-state index contributed by atoms with van der Waals surface area (Å²) >= 11 is 0. The Bertz CT molecular complexity index is 292. The van der Waals surface area contributed by atoms with Gasteiger partial charge in [0.05, 0.1) is 6.61 Å². The van der Waals surface area contributed by atoms with Gasteiger partial charge in [0.25, 0.3) is 0 Å². The molecule has 0 spiro atoms. The molecule has 0 atom stereocenters. The van der Waals surface area contributed by atoms with Gasteiger partial charge < -0.3 is 5.11 Å². The van der Waals surface area contributed by atoms with Crippen molar-refractivity contribution in [1.82, 2.24) is 4.90 Å². The van der Waals surface area contributed by atoms with Gasteiger partial charge in [0, 0.05) is 13.1 Å². The van der Waals surface area contributed by atoms with Gasteiger partial charge in [-0.3, -0.25) is 4.90 Å². The molecule has 1 N–H and O–H groups in total. The largest absolute Gasteiger partial charge is 0.392 e. The highest BCUT2D eigenvalue weighted by Gasteiger charge is 2.05. The highest BCUT2D eigenvalue weighted by atomic mass is 16.3. The SMILES string of the molecule is CCN(Cc1ccc(CO)cc1)CC(C)C. The Labute approximate surface area is 98.9 Å². The molecule has 1 aromatic carbocycles. The number of aliphatic hydroxyl groups excluding tert-OH is 1. The molecule has 0 fully saturated rings. The number of hydrogen-bond acceptors (Lipinski definition) is 2. The molecule has 90 valence electrons. The minimum Gasteiger partial charge on any atom is -0.392 e. The molecule has 0 aliphatic rings. The normalized spacial score (nSPS) is 11.4. The van der Waals surface area contributed by atoms with Gasteiger partial charge in [-0.15, -0.1) is 0 Å². The first kappa shape index (κ1) is 13.2. The van der Waals surface area contributed by atoms with Crippen LogP contribution in [0.4, 0.5) is 0 Å². The average molecular weight is 221 g/mol. The maximum atomic E-state index is 8.97. The van der Waals surface area contributed by atoms with Crippen LogP contribution in [0.15, 0.2) is 24.3 Å². The van der Waals surface area contributed by atoms with Crippen molar-refractivity contribution in [2.75, 3.05) is 13.1 Å². The van der Waals surface area contributed by atoms with Gasteiger partial charge in [0.2, 0.25) is 0 Å². The summed E-state index contributed by atoms with van der Waals surface area (Å²) in [5.74, 6) is 0.705. The molecule has 2 nitrogen and oxygen atoms in total. The van der Waals surface area contributed by atoms with Crippen LogP contribution < -0.4 is 0 Å². The Balaban J connectivity index is 2.56. The van der Waals surface area contributed by atoms with Crippen LogP contribution >= 0.6 is 0 Å². The van der Waals surface area contributed by atoms with E-state index in [1.54, 1.807) is 0 Å². The summed E-state index contributed by atoms with van der Waals surface area (Å²) in [7, 11) is 0. The molecule has 0 saturated carbocycles. The van der Waals surface area contributed by atoms with E-state index in [0.29, 0.717) is 5.92 Å². The molecule has 0 aliphatic carbocycles. The Morgan fingerprint density at radius 2 is 1.69 bits per heavy atom. The molecule has 1 rings (SSSR count). The second kappa shape index (κ2) is 6.66. The second-order valence-electron chi connectivity index (χ2n) is 4.70. The first-order chi connectivity index (χ1) is 7.65. The van der Waals surface area contributed by atoms with Crippen molar-refractivity contribution in [2.45, 2.75) is 33.9 Å². The Morgan fingerprint density at radius 1 is 1.12 bits per heavy atom. The molecular weight excluding hydrogens is 198 g/mol. The average Bonchev–Trinajstić information content (AvgIpc) is 2.28. The Kier molecular flexibility index (Phi) is 5.50. The van der Waals surface area contributed by atoms with Gasteiger partial charge >= 0.3 is 0 Å². The molecular formula is C14H23NO. The zero-order chi connectivity index (χ0) is 12.0. The highest BCUT2D eigenvalue weighted by molar-refractivity contribution is 5.21. The van der Waals surface area contributed by atoms with E-state index < -0.39 is 0 Å². The molecule has 2 heteroatoms. The predicted octanol–water partition coefficient (Wildman–Crippen LogP) is 2.66. The summed E-state index contributed by atoms with van der Waals surface area (Å²) in [6, 6.07) is 8.21. The standard InChI is InChI=1S/C14H23NO/c1-4-15(9-12(2)3)10-13-5-7-14(11-16)8-6-13/h5-8,12,16H,4,9-11H2,1-3H3. The van der Waals surface area contributed by atoms with E-state index in [1.807, 2.05) is 12.1 Å². The Hall–Kier alpha value is -0.860. The van der Waals surface area contributed by atoms with E-state index in [1.165, 1.54) is 5.56 Å². The van der Waals surface area contributed by atoms with Crippen molar-refractivity contribution in [3.63, 3.8) is 0 Å². The van der Waals surface area contributed by atoms with E-state index in [0.717, 1.165) is 25.2 Å². The molecule has 0 bridgehead atoms. The summed E-state index contributed by atoms with van der Waals surface area (Å²) < 4.78 is 0. The lowest BCUT2D eigenvalue weighted by atomic mass is 10.1. The fourth-order valence-electron chi connectivity index (χ4n) is 1.83. The van der Waals surface area contributed by atoms with Crippen molar-refractivity contribution in [3.8, 4) is 0 Å². The third-order valence-electron chi connectivity index (χ3n) is 2.68. The zero-order valence-corrected chi connectivity index (χ0v) is 10.6. The molecule has 0 unspecified atom stereocenters. The molecule has 0 radical (unpaired) electrons. The smallest absolute Gasteiger partial charge is 0.0681 e. The maximum absolute atomic E-state index is 8.97. The fraction of sp³-hybridized carbons (Fsp3) is 0.571. The van der Waals surface area contributed by atoms with Crippen molar-refractivity contribution >= 4 is 0 Å². The lowest BCUT2D eigenvalue weighted by molar-refractivity contribution is 0.248. The highest BCUT2D eigenvalue weighted by Crippen LogP contribution is 2.09. The zero-order valence-electron chi connectivity index (χ0n) is 10.6. The van der Waals surface area contributed by atoms with Crippen molar-refractivity contribution < 1.29 is 5.11 Å². The molecule has 0 amide bonds. The Morgan fingerprint density at radius 3 is 2.12 bits per heavy atom.